The van der Waals surface area contributed by atoms with E-state index in [1.807, 2.05) is 0 Å². The molecule has 4 heteroatoms. The number of halogens is 1. The number of hydrogen-bond donors (Lipinski definition) is 0. The maximum absolute atomic E-state index is 10.1. The summed E-state index contributed by atoms with van der Waals surface area (Å²) in [6, 6.07) is 0. The summed E-state index contributed by atoms with van der Waals surface area (Å²) in [5.41, 5.74) is 0. The molecule has 3 nitrogen and oxygen atoms in total. The Morgan fingerprint density at radius 3 is 3.00 bits per heavy atom. The highest BCUT2D eigenvalue weighted by molar-refractivity contribution is 9.12. The molecule has 68 valence electrons. The maximum atomic E-state index is 10.1. The van der Waals surface area contributed by atoms with Gasteiger partial charge in [0.05, 0.1) is 11.1 Å². The summed E-state index contributed by atoms with van der Waals surface area (Å²) in [6.45, 7) is 0.747. The van der Waals surface area contributed by atoms with Crippen molar-refractivity contribution in [1.82, 2.24) is 0 Å². The van der Waals surface area contributed by atoms with E-state index < -0.39 is 0 Å². The monoisotopic (exact) mass is 234 g/mol. The van der Waals surface area contributed by atoms with Crippen LogP contribution in [0.2, 0.25) is 0 Å². The van der Waals surface area contributed by atoms with Crippen LogP contribution < -0.4 is 0 Å². The van der Waals surface area contributed by atoms with E-state index in [1.165, 1.54) is 6.26 Å². The van der Waals surface area contributed by atoms with Crippen LogP contribution in [0.3, 0.4) is 0 Å². The molecule has 0 amide bonds. The van der Waals surface area contributed by atoms with E-state index in [-0.39, 0.29) is 6.29 Å². The minimum Gasteiger partial charge on any atom is -0.471 e. The fourth-order valence-electron chi connectivity index (χ4n) is 0.987. The average Bonchev–Trinajstić information content (AvgIpc) is 2.16. The van der Waals surface area contributed by atoms with Crippen LogP contribution in [0.5, 0.6) is 0 Å². The molecule has 0 aliphatic carbocycles. The molecule has 1 heterocycles. The molecule has 1 aliphatic heterocycles. The summed E-state index contributed by atoms with van der Waals surface area (Å²) in [6.07, 6.45) is 5.00. The highest BCUT2D eigenvalue weighted by Gasteiger charge is 2.12. The Balaban J connectivity index is 2.25. The summed E-state index contributed by atoms with van der Waals surface area (Å²) in [7, 11) is 0. The summed E-state index contributed by atoms with van der Waals surface area (Å²) in [5.74, 6) is 0. The highest BCUT2D eigenvalue weighted by Crippen LogP contribution is 2.14. The van der Waals surface area contributed by atoms with E-state index in [2.05, 4.69) is 15.9 Å². The number of carbonyl (C=O) groups is 1. The van der Waals surface area contributed by atoms with E-state index in [0.29, 0.717) is 10.8 Å². The zero-order valence-electron chi connectivity index (χ0n) is 6.66. The number of allylic oxidation sites excluding steroid dienone is 1. The normalized spacial score (nSPS) is 25.1. The van der Waals surface area contributed by atoms with Gasteiger partial charge in [-0.05, 0) is 28.8 Å². The van der Waals surface area contributed by atoms with Crippen molar-refractivity contribution in [3.05, 3.63) is 10.7 Å². The van der Waals surface area contributed by atoms with Gasteiger partial charge in [-0.1, -0.05) is 0 Å². The Bertz CT molecular complexity index is 173. The van der Waals surface area contributed by atoms with Gasteiger partial charge >= 0.3 is 0 Å². The second-order valence-corrected chi connectivity index (χ2v) is 3.47. The predicted molar refractivity (Wildman–Crippen MR) is 47.8 cm³/mol. The van der Waals surface area contributed by atoms with Gasteiger partial charge in [-0.25, -0.2) is 0 Å². The van der Waals surface area contributed by atoms with Crippen molar-refractivity contribution in [2.45, 2.75) is 25.6 Å². The van der Waals surface area contributed by atoms with Gasteiger partial charge in [-0.3, -0.25) is 4.79 Å². The van der Waals surface area contributed by atoms with Gasteiger partial charge in [0.2, 0.25) is 0 Å². The van der Waals surface area contributed by atoms with Crippen LogP contribution in [0.25, 0.3) is 0 Å². The summed E-state index contributed by atoms with van der Waals surface area (Å²) >= 11 is 3.02. The van der Waals surface area contributed by atoms with Gasteiger partial charge in [0.15, 0.2) is 12.6 Å². The van der Waals surface area contributed by atoms with E-state index in [1.54, 1.807) is 0 Å². The van der Waals surface area contributed by atoms with Crippen LogP contribution >= 0.6 is 15.9 Å². The molecular weight excluding hydrogens is 224 g/mol. The van der Waals surface area contributed by atoms with Crippen molar-refractivity contribution in [3.8, 4) is 0 Å². The molecule has 0 unspecified atom stereocenters. The second-order valence-electron chi connectivity index (χ2n) is 2.55. The number of rotatable bonds is 3. The maximum Gasteiger partial charge on any atom is 0.198 e. The molecule has 0 N–H and O–H groups in total. The number of aldehydes is 1. The summed E-state index contributed by atoms with van der Waals surface area (Å²) in [5, 5.41) is 0. The number of hydrogen-bond acceptors (Lipinski definition) is 3. The standard InChI is InChI=1S/C8H11BrO3/c9-7(5-10)6-12-8-3-1-2-4-11-8/h5-6,8H,1-4H2/b7-6-/t8-/m1/s1. The van der Waals surface area contributed by atoms with Crippen molar-refractivity contribution in [2.24, 2.45) is 0 Å². The minimum atomic E-state index is -0.175. The van der Waals surface area contributed by atoms with Crippen molar-refractivity contribution < 1.29 is 14.3 Å². The Morgan fingerprint density at radius 1 is 1.58 bits per heavy atom. The third-order valence-corrected chi connectivity index (χ3v) is 1.96. The van der Waals surface area contributed by atoms with Crippen LogP contribution in [0.4, 0.5) is 0 Å². The van der Waals surface area contributed by atoms with Gasteiger partial charge in [-0.15, -0.1) is 0 Å². The minimum absolute atomic E-state index is 0.175. The average molecular weight is 235 g/mol. The Kier molecular flexibility index (Phi) is 4.32. The molecule has 0 bridgehead atoms. The van der Waals surface area contributed by atoms with Crippen LogP contribution in [0.1, 0.15) is 19.3 Å². The number of carbonyl (C=O) groups excluding carboxylic acids is 1. The fraction of sp³-hybridized carbons (Fsp3) is 0.625. The molecule has 0 spiro atoms. The molecule has 0 aromatic heterocycles. The van der Waals surface area contributed by atoms with Crippen molar-refractivity contribution in [3.63, 3.8) is 0 Å². The van der Waals surface area contributed by atoms with Gasteiger partial charge in [0.1, 0.15) is 6.26 Å². The largest absolute Gasteiger partial charge is 0.471 e. The molecule has 0 saturated carbocycles. The third-order valence-electron chi connectivity index (χ3n) is 1.58. The Labute approximate surface area is 79.9 Å². The van der Waals surface area contributed by atoms with Crippen molar-refractivity contribution >= 4 is 22.2 Å². The lowest BCUT2D eigenvalue weighted by molar-refractivity contribution is -0.130. The molecule has 0 radical (unpaired) electrons. The third kappa shape index (κ3) is 3.36. The first-order valence-corrected chi connectivity index (χ1v) is 4.70. The molecule has 12 heavy (non-hydrogen) atoms. The molecule has 0 aromatic rings. The lowest BCUT2D eigenvalue weighted by Crippen LogP contribution is -2.20. The second kappa shape index (κ2) is 5.32. The zero-order chi connectivity index (χ0) is 8.81. The Morgan fingerprint density at radius 2 is 2.42 bits per heavy atom. The zero-order valence-corrected chi connectivity index (χ0v) is 8.25. The molecular formula is C8H11BrO3. The first-order chi connectivity index (χ1) is 5.83. The lowest BCUT2D eigenvalue weighted by atomic mass is 10.2. The molecule has 1 saturated heterocycles. The van der Waals surface area contributed by atoms with Crippen LogP contribution in [-0.4, -0.2) is 19.2 Å². The van der Waals surface area contributed by atoms with E-state index in [4.69, 9.17) is 9.47 Å². The van der Waals surface area contributed by atoms with E-state index in [9.17, 15) is 4.79 Å². The SMILES string of the molecule is O=C/C(Br)=C/O[C@@H]1CCCCO1. The summed E-state index contributed by atoms with van der Waals surface area (Å²) in [4.78, 5) is 10.1. The predicted octanol–water partition coefficient (Wildman–Crippen LogP) is 1.96. The topological polar surface area (TPSA) is 35.5 Å². The summed E-state index contributed by atoms with van der Waals surface area (Å²) < 4.78 is 10.8. The first-order valence-electron chi connectivity index (χ1n) is 3.91. The van der Waals surface area contributed by atoms with E-state index >= 15 is 0 Å². The molecule has 1 rings (SSSR count). The quantitative estimate of drug-likeness (QED) is 0.426. The van der Waals surface area contributed by atoms with Gasteiger partial charge in [-0.2, -0.15) is 0 Å². The smallest absolute Gasteiger partial charge is 0.198 e. The molecule has 1 aliphatic rings. The first kappa shape index (κ1) is 9.74. The fourth-order valence-corrected chi connectivity index (χ4v) is 1.10. The van der Waals surface area contributed by atoms with Gasteiger partial charge < -0.3 is 9.47 Å². The van der Waals surface area contributed by atoms with Gasteiger partial charge in [0, 0.05) is 6.42 Å². The Hall–Kier alpha value is -0.350. The molecule has 0 aromatic carbocycles. The molecule has 1 atom stereocenters. The lowest BCUT2D eigenvalue weighted by Gasteiger charge is -2.21. The van der Waals surface area contributed by atoms with E-state index in [0.717, 1.165) is 25.9 Å². The highest BCUT2D eigenvalue weighted by atomic mass is 79.9. The number of ether oxygens (including phenoxy) is 2. The van der Waals surface area contributed by atoms with Crippen LogP contribution in [0, 0.1) is 0 Å². The van der Waals surface area contributed by atoms with Crippen LogP contribution in [-0.2, 0) is 14.3 Å². The van der Waals surface area contributed by atoms with Gasteiger partial charge in [0.25, 0.3) is 0 Å². The molecule has 1 fully saturated rings. The van der Waals surface area contributed by atoms with Crippen molar-refractivity contribution in [1.29, 1.82) is 0 Å². The van der Waals surface area contributed by atoms with Crippen molar-refractivity contribution in [2.75, 3.05) is 6.61 Å². The van der Waals surface area contributed by atoms with Crippen LogP contribution in [0.15, 0.2) is 10.7 Å².